The van der Waals surface area contributed by atoms with E-state index in [-0.39, 0.29) is 34.7 Å². The second-order valence-corrected chi connectivity index (χ2v) is 9.79. The number of fused-ring (bicyclic) bond motifs is 2. The maximum absolute atomic E-state index is 12.8. The van der Waals surface area contributed by atoms with Crippen molar-refractivity contribution in [3.63, 3.8) is 0 Å². The van der Waals surface area contributed by atoms with E-state index in [1.165, 1.54) is 11.1 Å². The topological polar surface area (TPSA) is 54.5 Å². The monoisotopic (exact) mass is 333 g/mol. The smallest absolute Gasteiger partial charge is 0.226 e. The molecule has 5 heteroatoms. The molecule has 2 aliphatic carbocycles. The Bertz CT molecular complexity index is 757. The molecule has 23 heavy (non-hydrogen) atoms. The van der Waals surface area contributed by atoms with Gasteiger partial charge in [-0.2, -0.15) is 0 Å². The second-order valence-electron chi connectivity index (χ2n) is 7.56. The van der Waals surface area contributed by atoms with Gasteiger partial charge in [-0.25, -0.2) is 8.42 Å². The molecule has 1 saturated carbocycles. The first kappa shape index (κ1) is 15.2. The standard InChI is InChI=1S/C18H23NO3S/c1-19(11-13-7-9-23(21,22)12-13)17(20)16-10-18(16)8-6-14-4-2-3-5-15(14)18/h2-5,13,16H,6-12H2,1H3/t13-,16+,18+/m0/s1. The predicted molar refractivity (Wildman–Crippen MR) is 88.9 cm³/mol. The third kappa shape index (κ3) is 2.49. The highest BCUT2D eigenvalue weighted by molar-refractivity contribution is 7.91. The van der Waals surface area contributed by atoms with E-state index in [1.54, 1.807) is 4.90 Å². The van der Waals surface area contributed by atoms with Crippen molar-refractivity contribution in [3.05, 3.63) is 35.4 Å². The minimum atomic E-state index is -2.87. The maximum Gasteiger partial charge on any atom is 0.226 e. The van der Waals surface area contributed by atoms with Crippen LogP contribution in [0, 0.1) is 11.8 Å². The fourth-order valence-corrected chi connectivity index (χ4v) is 6.53. The molecule has 0 bridgehead atoms. The largest absolute Gasteiger partial charge is 0.345 e. The first-order chi connectivity index (χ1) is 10.9. The molecule has 1 aromatic rings. The molecule has 3 atom stereocenters. The summed E-state index contributed by atoms with van der Waals surface area (Å²) in [5.41, 5.74) is 2.84. The number of amides is 1. The molecule has 2 fully saturated rings. The minimum absolute atomic E-state index is 0.0731. The van der Waals surface area contributed by atoms with E-state index in [0.29, 0.717) is 13.0 Å². The van der Waals surface area contributed by atoms with Gasteiger partial charge in [-0.15, -0.1) is 0 Å². The molecule has 1 saturated heterocycles. The van der Waals surface area contributed by atoms with Crippen LogP contribution in [0.3, 0.4) is 0 Å². The molecule has 124 valence electrons. The fraction of sp³-hybridized carbons (Fsp3) is 0.611. The number of sulfone groups is 1. The molecule has 1 aromatic carbocycles. The first-order valence-corrected chi connectivity index (χ1v) is 10.3. The first-order valence-electron chi connectivity index (χ1n) is 8.45. The van der Waals surface area contributed by atoms with Crippen molar-refractivity contribution in [2.45, 2.75) is 31.1 Å². The van der Waals surface area contributed by atoms with Crippen LogP contribution in [0.4, 0.5) is 0 Å². The second kappa shape index (κ2) is 5.07. The Morgan fingerprint density at radius 2 is 2.13 bits per heavy atom. The highest BCUT2D eigenvalue weighted by atomic mass is 32.2. The van der Waals surface area contributed by atoms with E-state index in [9.17, 15) is 13.2 Å². The van der Waals surface area contributed by atoms with Crippen molar-refractivity contribution < 1.29 is 13.2 Å². The van der Waals surface area contributed by atoms with Crippen LogP contribution in [0.1, 0.15) is 30.4 Å². The predicted octanol–water partition coefficient (Wildman–Crippen LogP) is 1.78. The average molecular weight is 333 g/mol. The summed E-state index contributed by atoms with van der Waals surface area (Å²) in [5.74, 6) is 0.920. The quantitative estimate of drug-likeness (QED) is 0.847. The lowest BCUT2D eigenvalue weighted by Gasteiger charge is -2.22. The summed E-state index contributed by atoms with van der Waals surface area (Å²) < 4.78 is 23.2. The average Bonchev–Trinajstić information content (AvgIpc) is 2.98. The number of carbonyl (C=O) groups excluding carboxylic acids is 1. The maximum atomic E-state index is 12.8. The molecule has 1 heterocycles. The van der Waals surface area contributed by atoms with Crippen LogP contribution in [0.25, 0.3) is 0 Å². The van der Waals surface area contributed by atoms with Gasteiger partial charge in [0.1, 0.15) is 0 Å². The molecule has 4 rings (SSSR count). The van der Waals surface area contributed by atoms with Crippen molar-refractivity contribution in [3.8, 4) is 0 Å². The Morgan fingerprint density at radius 1 is 1.35 bits per heavy atom. The number of benzene rings is 1. The molecule has 1 amide bonds. The van der Waals surface area contributed by atoms with Crippen LogP contribution >= 0.6 is 0 Å². The van der Waals surface area contributed by atoms with E-state index >= 15 is 0 Å². The molecule has 4 nitrogen and oxygen atoms in total. The highest BCUT2D eigenvalue weighted by Crippen LogP contribution is 2.61. The number of hydrogen-bond acceptors (Lipinski definition) is 3. The molecule has 3 aliphatic rings. The summed E-state index contributed by atoms with van der Waals surface area (Å²) in [5, 5.41) is 0. The van der Waals surface area contributed by atoms with Crippen molar-refractivity contribution >= 4 is 15.7 Å². The van der Waals surface area contributed by atoms with Gasteiger partial charge in [0, 0.05) is 24.9 Å². The highest BCUT2D eigenvalue weighted by Gasteiger charge is 2.61. The SMILES string of the molecule is CN(C[C@@H]1CCS(=O)(=O)C1)C(=O)[C@H]1C[C@@]12CCc1ccccc12. The molecule has 1 aliphatic heterocycles. The van der Waals surface area contributed by atoms with E-state index in [2.05, 4.69) is 24.3 Å². The van der Waals surface area contributed by atoms with Gasteiger partial charge in [0.25, 0.3) is 0 Å². The van der Waals surface area contributed by atoms with Gasteiger partial charge in [-0.05, 0) is 42.7 Å². The molecule has 0 aromatic heterocycles. The third-order valence-electron chi connectivity index (χ3n) is 6.00. The summed E-state index contributed by atoms with van der Waals surface area (Å²) in [4.78, 5) is 14.6. The Kier molecular flexibility index (Phi) is 3.34. The van der Waals surface area contributed by atoms with Gasteiger partial charge in [0.2, 0.25) is 5.91 Å². The normalized spacial score (nSPS) is 33.6. The zero-order valence-electron chi connectivity index (χ0n) is 13.5. The van der Waals surface area contributed by atoms with Crippen LogP contribution in [0.2, 0.25) is 0 Å². The number of rotatable bonds is 3. The molecular weight excluding hydrogens is 310 g/mol. The molecule has 0 unspecified atom stereocenters. The zero-order chi connectivity index (χ0) is 16.2. The van der Waals surface area contributed by atoms with Gasteiger partial charge in [-0.3, -0.25) is 4.79 Å². The minimum Gasteiger partial charge on any atom is -0.345 e. The van der Waals surface area contributed by atoms with Crippen molar-refractivity contribution in [1.82, 2.24) is 4.90 Å². The van der Waals surface area contributed by atoms with Gasteiger partial charge in [0.15, 0.2) is 9.84 Å². The van der Waals surface area contributed by atoms with Crippen LogP contribution in [0.5, 0.6) is 0 Å². The fourth-order valence-electron chi connectivity index (χ4n) is 4.68. The Labute approximate surface area is 137 Å². The number of aryl methyl sites for hydroxylation is 1. The zero-order valence-corrected chi connectivity index (χ0v) is 14.3. The number of nitrogens with zero attached hydrogens (tertiary/aromatic N) is 1. The number of hydrogen-bond donors (Lipinski definition) is 0. The van der Waals surface area contributed by atoms with Crippen molar-refractivity contribution in [1.29, 1.82) is 0 Å². The third-order valence-corrected chi connectivity index (χ3v) is 7.84. The van der Waals surface area contributed by atoms with E-state index in [4.69, 9.17) is 0 Å². The van der Waals surface area contributed by atoms with Crippen LogP contribution in [-0.4, -0.2) is 44.3 Å². The van der Waals surface area contributed by atoms with Gasteiger partial charge < -0.3 is 4.90 Å². The van der Waals surface area contributed by atoms with Gasteiger partial charge in [0.05, 0.1) is 11.5 Å². The lowest BCUT2D eigenvalue weighted by Crippen LogP contribution is -2.35. The van der Waals surface area contributed by atoms with Crippen molar-refractivity contribution in [2.75, 3.05) is 25.1 Å². The summed E-state index contributed by atoms with van der Waals surface area (Å²) in [6, 6.07) is 8.50. The van der Waals surface area contributed by atoms with Gasteiger partial charge in [-0.1, -0.05) is 24.3 Å². The molecule has 0 N–H and O–H groups in total. The van der Waals surface area contributed by atoms with Crippen LogP contribution in [0.15, 0.2) is 24.3 Å². The summed E-state index contributed by atoms with van der Waals surface area (Å²) in [7, 11) is -1.04. The molecular formula is C18H23NO3S. The Morgan fingerprint density at radius 3 is 2.87 bits per heavy atom. The lowest BCUT2D eigenvalue weighted by molar-refractivity contribution is -0.132. The lowest BCUT2D eigenvalue weighted by atomic mass is 9.95. The Hall–Kier alpha value is -1.36. The van der Waals surface area contributed by atoms with Crippen molar-refractivity contribution in [2.24, 2.45) is 11.8 Å². The van der Waals surface area contributed by atoms with Gasteiger partial charge >= 0.3 is 0 Å². The summed E-state index contributed by atoms with van der Waals surface area (Å²) in [6.07, 6.45) is 3.80. The number of carbonyl (C=O) groups is 1. The molecule has 0 radical (unpaired) electrons. The van der Waals surface area contributed by atoms with E-state index in [1.807, 2.05) is 7.05 Å². The summed E-state index contributed by atoms with van der Waals surface area (Å²) in [6.45, 7) is 0.576. The Balaban J connectivity index is 1.43. The van der Waals surface area contributed by atoms with Crippen LogP contribution < -0.4 is 0 Å². The molecule has 1 spiro atoms. The van der Waals surface area contributed by atoms with E-state index in [0.717, 1.165) is 19.3 Å². The van der Waals surface area contributed by atoms with E-state index < -0.39 is 9.84 Å². The van der Waals surface area contributed by atoms with Crippen LogP contribution in [-0.2, 0) is 26.5 Å². The summed E-state index contributed by atoms with van der Waals surface area (Å²) >= 11 is 0.